The van der Waals surface area contributed by atoms with Gasteiger partial charge in [0.05, 0.1) is 6.61 Å². The Hall–Kier alpha value is -1.51. The van der Waals surface area contributed by atoms with Crippen LogP contribution in [0.2, 0.25) is 0 Å². The van der Waals surface area contributed by atoms with E-state index in [2.05, 4.69) is 11.9 Å². The third-order valence-corrected chi connectivity index (χ3v) is 2.39. The van der Waals surface area contributed by atoms with Crippen LogP contribution in [0.4, 0.5) is 0 Å². The SMILES string of the molecule is CCCCCOc1cccn2ccnc12. The van der Waals surface area contributed by atoms with Gasteiger partial charge in [0.15, 0.2) is 11.4 Å². The minimum atomic E-state index is 0.778. The van der Waals surface area contributed by atoms with Crippen LogP contribution < -0.4 is 4.74 Å². The number of unbranched alkanes of at least 4 members (excludes halogenated alkanes) is 2. The molecule has 0 aromatic carbocycles. The van der Waals surface area contributed by atoms with Crippen molar-refractivity contribution in [3.8, 4) is 5.75 Å². The fraction of sp³-hybridized carbons (Fsp3) is 0.417. The van der Waals surface area contributed by atoms with E-state index in [0.29, 0.717) is 0 Å². The van der Waals surface area contributed by atoms with Crippen LogP contribution in [-0.2, 0) is 0 Å². The highest BCUT2D eigenvalue weighted by molar-refractivity contribution is 5.53. The summed E-state index contributed by atoms with van der Waals surface area (Å²) in [4.78, 5) is 4.26. The zero-order valence-corrected chi connectivity index (χ0v) is 9.02. The number of nitrogens with zero attached hydrogens (tertiary/aromatic N) is 2. The molecular weight excluding hydrogens is 188 g/mol. The van der Waals surface area contributed by atoms with Crippen molar-refractivity contribution in [2.75, 3.05) is 6.61 Å². The standard InChI is InChI=1S/C12H16N2O/c1-2-3-4-10-15-11-6-5-8-14-9-7-13-12(11)14/h5-9H,2-4,10H2,1H3. The van der Waals surface area contributed by atoms with Crippen molar-refractivity contribution in [1.29, 1.82) is 0 Å². The van der Waals surface area contributed by atoms with Gasteiger partial charge in [0.1, 0.15) is 0 Å². The highest BCUT2D eigenvalue weighted by atomic mass is 16.5. The number of aromatic nitrogens is 2. The van der Waals surface area contributed by atoms with Crippen molar-refractivity contribution < 1.29 is 4.74 Å². The minimum absolute atomic E-state index is 0.778. The van der Waals surface area contributed by atoms with Crippen molar-refractivity contribution in [2.45, 2.75) is 26.2 Å². The summed E-state index contributed by atoms with van der Waals surface area (Å²) in [6, 6.07) is 3.94. The van der Waals surface area contributed by atoms with E-state index in [1.807, 2.05) is 28.9 Å². The first-order valence-corrected chi connectivity index (χ1v) is 5.46. The predicted molar refractivity (Wildman–Crippen MR) is 60.2 cm³/mol. The van der Waals surface area contributed by atoms with E-state index in [1.165, 1.54) is 12.8 Å². The van der Waals surface area contributed by atoms with Crippen molar-refractivity contribution in [3.05, 3.63) is 30.7 Å². The van der Waals surface area contributed by atoms with Crippen LogP contribution in [0, 0.1) is 0 Å². The Balaban J connectivity index is 2.04. The van der Waals surface area contributed by atoms with Gasteiger partial charge in [-0.05, 0) is 18.6 Å². The van der Waals surface area contributed by atoms with Crippen LogP contribution >= 0.6 is 0 Å². The lowest BCUT2D eigenvalue weighted by Gasteiger charge is -2.06. The van der Waals surface area contributed by atoms with E-state index >= 15 is 0 Å². The molecule has 0 aliphatic rings. The van der Waals surface area contributed by atoms with Crippen molar-refractivity contribution >= 4 is 5.65 Å². The number of hydrogen-bond donors (Lipinski definition) is 0. The summed E-state index contributed by atoms with van der Waals surface area (Å²) in [5.74, 6) is 0.874. The van der Waals surface area contributed by atoms with Crippen LogP contribution in [0.15, 0.2) is 30.7 Å². The second-order valence-corrected chi connectivity index (χ2v) is 3.59. The van der Waals surface area contributed by atoms with Crippen LogP contribution in [0.25, 0.3) is 5.65 Å². The van der Waals surface area contributed by atoms with Gasteiger partial charge < -0.3 is 9.14 Å². The van der Waals surface area contributed by atoms with Gasteiger partial charge in [-0.1, -0.05) is 19.8 Å². The maximum atomic E-state index is 5.70. The van der Waals surface area contributed by atoms with Crippen LogP contribution in [0.5, 0.6) is 5.75 Å². The summed E-state index contributed by atoms with van der Waals surface area (Å²) in [6.07, 6.45) is 9.23. The van der Waals surface area contributed by atoms with E-state index in [4.69, 9.17) is 4.74 Å². The number of fused-ring (bicyclic) bond motifs is 1. The maximum Gasteiger partial charge on any atom is 0.179 e. The quantitative estimate of drug-likeness (QED) is 0.700. The van der Waals surface area contributed by atoms with Crippen molar-refractivity contribution in [3.63, 3.8) is 0 Å². The Kier molecular flexibility index (Phi) is 3.22. The summed E-state index contributed by atoms with van der Waals surface area (Å²) in [5, 5.41) is 0. The molecule has 0 N–H and O–H groups in total. The molecule has 0 saturated heterocycles. The number of imidazole rings is 1. The first kappa shape index (κ1) is 10.0. The molecule has 0 spiro atoms. The highest BCUT2D eigenvalue weighted by Crippen LogP contribution is 2.17. The fourth-order valence-electron chi connectivity index (χ4n) is 1.57. The summed E-state index contributed by atoms with van der Waals surface area (Å²) in [7, 11) is 0. The molecule has 0 radical (unpaired) electrons. The van der Waals surface area contributed by atoms with Crippen molar-refractivity contribution in [1.82, 2.24) is 9.38 Å². The topological polar surface area (TPSA) is 26.5 Å². The number of pyridine rings is 1. The Morgan fingerprint density at radius 1 is 1.33 bits per heavy atom. The summed E-state index contributed by atoms with van der Waals surface area (Å²) < 4.78 is 7.66. The first-order valence-electron chi connectivity index (χ1n) is 5.46. The number of rotatable bonds is 5. The lowest BCUT2D eigenvalue weighted by atomic mass is 10.3. The predicted octanol–water partition coefficient (Wildman–Crippen LogP) is 2.90. The van der Waals surface area contributed by atoms with Gasteiger partial charge in [-0.15, -0.1) is 0 Å². The average Bonchev–Trinajstić information content (AvgIpc) is 2.73. The molecular formula is C12H16N2O. The average molecular weight is 204 g/mol. The van der Waals surface area contributed by atoms with Gasteiger partial charge in [-0.3, -0.25) is 0 Å². The summed E-state index contributed by atoms with van der Waals surface area (Å²) in [6.45, 7) is 2.97. The molecule has 0 aliphatic carbocycles. The second-order valence-electron chi connectivity index (χ2n) is 3.59. The van der Waals surface area contributed by atoms with E-state index < -0.39 is 0 Å². The Morgan fingerprint density at radius 2 is 2.27 bits per heavy atom. The molecule has 2 rings (SSSR count). The smallest absolute Gasteiger partial charge is 0.179 e. The van der Waals surface area contributed by atoms with E-state index in [9.17, 15) is 0 Å². The molecule has 80 valence electrons. The highest BCUT2D eigenvalue weighted by Gasteiger charge is 2.01. The lowest BCUT2D eigenvalue weighted by molar-refractivity contribution is 0.308. The lowest BCUT2D eigenvalue weighted by Crippen LogP contribution is -1.98. The molecule has 2 aromatic heterocycles. The molecule has 0 aliphatic heterocycles. The van der Waals surface area contributed by atoms with Crippen molar-refractivity contribution in [2.24, 2.45) is 0 Å². The normalized spacial score (nSPS) is 10.7. The third-order valence-electron chi connectivity index (χ3n) is 2.39. The molecule has 0 atom stereocenters. The Labute approximate surface area is 89.7 Å². The molecule has 3 heteroatoms. The summed E-state index contributed by atoms with van der Waals surface area (Å²) >= 11 is 0. The molecule has 0 unspecified atom stereocenters. The van der Waals surface area contributed by atoms with Gasteiger partial charge in [-0.25, -0.2) is 4.98 Å². The largest absolute Gasteiger partial charge is 0.490 e. The molecule has 0 fully saturated rings. The third kappa shape index (κ3) is 2.29. The Morgan fingerprint density at radius 3 is 3.13 bits per heavy atom. The number of hydrogen-bond acceptors (Lipinski definition) is 2. The zero-order valence-electron chi connectivity index (χ0n) is 9.02. The van der Waals surface area contributed by atoms with Gasteiger partial charge in [-0.2, -0.15) is 0 Å². The molecule has 3 nitrogen and oxygen atoms in total. The zero-order chi connectivity index (χ0) is 10.5. The molecule has 0 saturated carbocycles. The van der Waals surface area contributed by atoms with Gasteiger partial charge in [0.25, 0.3) is 0 Å². The van der Waals surface area contributed by atoms with Crippen LogP contribution in [0.1, 0.15) is 26.2 Å². The number of ether oxygens (including phenoxy) is 1. The molecule has 0 amide bonds. The van der Waals surface area contributed by atoms with Gasteiger partial charge in [0.2, 0.25) is 0 Å². The monoisotopic (exact) mass is 204 g/mol. The van der Waals surface area contributed by atoms with Gasteiger partial charge in [0, 0.05) is 18.6 Å². The Bertz CT molecular complexity index is 422. The second kappa shape index (κ2) is 4.82. The maximum absolute atomic E-state index is 5.70. The first-order chi connectivity index (χ1) is 7.42. The van der Waals surface area contributed by atoms with Crippen LogP contribution in [-0.4, -0.2) is 16.0 Å². The van der Waals surface area contributed by atoms with Crippen LogP contribution in [0.3, 0.4) is 0 Å². The van der Waals surface area contributed by atoms with E-state index in [1.54, 1.807) is 6.20 Å². The summed E-state index contributed by atoms with van der Waals surface area (Å²) in [5.41, 5.74) is 0.897. The molecule has 0 bridgehead atoms. The molecule has 15 heavy (non-hydrogen) atoms. The van der Waals surface area contributed by atoms with Gasteiger partial charge >= 0.3 is 0 Å². The molecule has 2 heterocycles. The minimum Gasteiger partial charge on any atom is -0.490 e. The molecule has 2 aromatic rings. The fourth-order valence-corrected chi connectivity index (χ4v) is 1.57. The van der Waals surface area contributed by atoms with E-state index in [0.717, 1.165) is 24.4 Å². The van der Waals surface area contributed by atoms with E-state index in [-0.39, 0.29) is 0 Å².